The van der Waals surface area contributed by atoms with E-state index in [-0.39, 0.29) is 0 Å². The zero-order valence-electron chi connectivity index (χ0n) is 16.0. The van der Waals surface area contributed by atoms with Crippen molar-refractivity contribution in [3.63, 3.8) is 0 Å². The van der Waals surface area contributed by atoms with Gasteiger partial charge in [0.2, 0.25) is 0 Å². The number of H-pyrrole nitrogens is 1. The molecule has 0 saturated carbocycles. The number of anilines is 1. The van der Waals surface area contributed by atoms with Gasteiger partial charge in [-0.15, -0.1) is 10.2 Å². The lowest BCUT2D eigenvalue weighted by Crippen LogP contribution is -1.99. The Labute approximate surface area is 172 Å². The first kappa shape index (κ1) is 17.8. The number of hydrogen-bond acceptors (Lipinski definition) is 6. The van der Waals surface area contributed by atoms with Crippen LogP contribution in [0.5, 0.6) is 5.75 Å². The van der Waals surface area contributed by atoms with E-state index in [1.807, 2.05) is 78.9 Å². The molecule has 3 aromatic carbocycles. The summed E-state index contributed by atoms with van der Waals surface area (Å²) in [5, 5.41) is 13.6. The molecular weight excluding hydrogens is 376 g/mol. The summed E-state index contributed by atoms with van der Waals surface area (Å²) in [6, 6.07) is 25.7. The standard InChI is InChI=1S/C23H18N6O/c1-2-6-17(7-3-1)15-30-18-12-10-16(11-13-18)14-24-28-23-26-22-21(27-29-23)19-8-4-5-9-20(19)25-22/h1-14H,15H2,(H2,25,26,28,29). The highest BCUT2D eigenvalue weighted by Crippen LogP contribution is 2.21. The minimum Gasteiger partial charge on any atom is -0.489 e. The van der Waals surface area contributed by atoms with Crippen molar-refractivity contribution >= 4 is 34.2 Å². The van der Waals surface area contributed by atoms with E-state index in [0.717, 1.165) is 33.3 Å². The number of para-hydroxylation sites is 1. The van der Waals surface area contributed by atoms with E-state index < -0.39 is 0 Å². The summed E-state index contributed by atoms with van der Waals surface area (Å²) in [6.07, 6.45) is 1.69. The second-order valence-corrected chi connectivity index (χ2v) is 6.72. The zero-order chi connectivity index (χ0) is 20.2. The smallest absolute Gasteiger partial charge is 0.265 e. The molecule has 2 N–H and O–H groups in total. The summed E-state index contributed by atoms with van der Waals surface area (Å²) in [7, 11) is 0. The van der Waals surface area contributed by atoms with E-state index in [1.54, 1.807) is 6.21 Å². The van der Waals surface area contributed by atoms with E-state index in [1.165, 1.54) is 0 Å². The predicted molar refractivity (Wildman–Crippen MR) is 118 cm³/mol. The van der Waals surface area contributed by atoms with Gasteiger partial charge in [0.15, 0.2) is 5.65 Å². The van der Waals surface area contributed by atoms with E-state index in [0.29, 0.717) is 18.2 Å². The van der Waals surface area contributed by atoms with Crippen molar-refractivity contribution in [1.82, 2.24) is 20.2 Å². The molecule has 2 heterocycles. The molecule has 0 atom stereocenters. The number of aromatic amines is 1. The fourth-order valence-corrected chi connectivity index (χ4v) is 3.12. The normalized spacial score (nSPS) is 11.3. The van der Waals surface area contributed by atoms with Crippen LogP contribution in [-0.2, 0) is 6.61 Å². The van der Waals surface area contributed by atoms with Gasteiger partial charge in [0.05, 0.1) is 6.21 Å². The van der Waals surface area contributed by atoms with Crippen LogP contribution in [0.15, 0.2) is 84.0 Å². The Bertz CT molecular complexity index is 1310. The Hall–Kier alpha value is -4.26. The van der Waals surface area contributed by atoms with Crippen molar-refractivity contribution in [3.8, 4) is 5.75 Å². The average Bonchev–Trinajstić information content (AvgIpc) is 3.17. The lowest BCUT2D eigenvalue weighted by atomic mass is 10.2. The first-order chi connectivity index (χ1) is 14.8. The van der Waals surface area contributed by atoms with Crippen LogP contribution >= 0.6 is 0 Å². The van der Waals surface area contributed by atoms with Gasteiger partial charge in [-0.05, 0) is 41.5 Å². The molecule has 0 bridgehead atoms. The summed E-state index contributed by atoms with van der Waals surface area (Å²) in [4.78, 5) is 7.67. The Morgan fingerprint density at radius 2 is 1.70 bits per heavy atom. The lowest BCUT2D eigenvalue weighted by molar-refractivity contribution is 0.306. The highest BCUT2D eigenvalue weighted by atomic mass is 16.5. The van der Waals surface area contributed by atoms with Gasteiger partial charge >= 0.3 is 0 Å². The molecule has 0 unspecified atom stereocenters. The molecular formula is C23H18N6O. The first-order valence-electron chi connectivity index (χ1n) is 9.52. The summed E-state index contributed by atoms with van der Waals surface area (Å²) in [5.74, 6) is 1.13. The van der Waals surface area contributed by atoms with Crippen molar-refractivity contribution in [2.75, 3.05) is 5.43 Å². The van der Waals surface area contributed by atoms with Crippen LogP contribution in [0.1, 0.15) is 11.1 Å². The summed E-state index contributed by atoms with van der Waals surface area (Å²) in [5.41, 5.74) is 7.27. The number of benzene rings is 3. The van der Waals surface area contributed by atoms with Crippen LogP contribution in [0.4, 0.5) is 5.95 Å². The zero-order valence-corrected chi connectivity index (χ0v) is 16.0. The molecule has 5 rings (SSSR count). The number of hydrazone groups is 1. The Balaban J connectivity index is 1.22. The molecule has 0 aliphatic carbocycles. The Morgan fingerprint density at radius 1 is 0.900 bits per heavy atom. The number of fused-ring (bicyclic) bond motifs is 3. The Kier molecular flexibility index (Phi) is 4.75. The number of nitrogens with zero attached hydrogens (tertiary/aromatic N) is 4. The maximum atomic E-state index is 5.79. The second kappa shape index (κ2) is 8.00. The fourth-order valence-electron chi connectivity index (χ4n) is 3.12. The van der Waals surface area contributed by atoms with Gasteiger partial charge in [-0.1, -0.05) is 48.5 Å². The third kappa shape index (κ3) is 3.81. The quantitative estimate of drug-likeness (QED) is 0.326. The summed E-state index contributed by atoms with van der Waals surface area (Å²) < 4.78 is 5.79. The van der Waals surface area contributed by atoms with Crippen LogP contribution in [-0.4, -0.2) is 26.4 Å². The summed E-state index contributed by atoms with van der Waals surface area (Å²) in [6.45, 7) is 0.538. The van der Waals surface area contributed by atoms with Crippen LogP contribution in [0.3, 0.4) is 0 Å². The lowest BCUT2D eigenvalue weighted by Gasteiger charge is -2.06. The molecule has 5 aromatic rings. The number of rotatable bonds is 6. The van der Waals surface area contributed by atoms with Crippen molar-refractivity contribution in [1.29, 1.82) is 0 Å². The molecule has 0 aliphatic rings. The highest BCUT2D eigenvalue weighted by molar-refractivity contribution is 6.03. The highest BCUT2D eigenvalue weighted by Gasteiger charge is 2.07. The van der Waals surface area contributed by atoms with Crippen LogP contribution in [0, 0.1) is 0 Å². The van der Waals surface area contributed by atoms with Gasteiger partial charge in [0, 0.05) is 10.9 Å². The molecule has 7 nitrogen and oxygen atoms in total. The predicted octanol–water partition coefficient (Wildman–Crippen LogP) is 4.53. The van der Waals surface area contributed by atoms with Gasteiger partial charge in [-0.25, -0.2) is 5.43 Å². The molecule has 0 aliphatic heterocycles. The molecule has 0 fully saturated rings. The van der Waals surface area contributed by atoms with Gasteiger partial charge in [0.25, 0.3) is 5.95 Å². The van der Waals surface area contributed by atoms with Gasteiger partial charge in [0.1, 0.15) is 17.9 Å². The monoisotopic (exact) mass is 394 g/mol. The molecule has 0 radical (unpaired) electrons. The SMILES string of the molecule is C(=NNc1nnc2c(n1)[nH]c1ccccc12)c1ccc(OCc2ccccc2)cc1. The fraction of sp³-hybridized carbons (Fsp3) is 0.0435. The number of ether oxygens (including phenoxy) is 1. The molecule has 0 amide bonds. The average molecular weight is 394 g/mol. The first-order valence-corrected chi connectivity index (χ1v) is 9.52. The van der Waals surface area contributed by atoms with E-state index in [2.05, 4.69) is 30.7 Å². The van der Waals surface area contributed by atoms with Gasteiger partial charge < -0.3 is 9.72 Å². The largest absolute Gasteiger partial charge is 0.489 e. The number of nitrogens with one attached hydrogen (secondary N) is 2. The van der Waals surface area contributed by atoms with E-state index in [4.69, 9.17) is 4.74 Å². The third-order valence-electron chi connectivity index (χ3n) is 4.63. The maximum absolute atomic E-state index is 5.79. The second-order valence-electron chi connectivity index (χ2n) is 6.72. The van der Waals surface area contributed by atoms with Crippen molar-refractivity contribution in [2.24, 2.45) is 5.10 Å². The van der Waals surface area contributed by atoms with Crippen molar-refractivity contribution in [2.45, 2.75) is 6.61 Å². The molecule has 30 heavy (non-hydrogen) atoms. The third-order valence-corrected chi connectivity index (χ3v) is 4.63. The van der Waals surface area contributed by atoms with Crippen molar-refractivity contribution in [3.05, 3.63) is 90.0 Å². The molecule has 146 valence electrons. The van der Waals surface area contributed by atoms with Crippen molar-refractivity contribution < 1.29 is 4.74 Å². The minimum atomic E-state index is 0.327. The summed E-state index contributed by atoms with van der Waals surface area (Å²) >= 11 is 0. The molecule has 0 saturated heterocycles. The van der Waals surface area contributed by atoms with Crippen LogP contribution < -0.4 is 10.2 Å². The van der Waals surface area contributed by atoms with Gasteiger partial charge in [-0.3, -0.25) is 0 Å². The van der Waals surface area contributed by atoms with E-state index in [9.17, 15) is 0 Å². The molecule has 2 aromatic heterocycles. The topological polar surface area (TPSA) is 88.1 Å². The van der Waals surface area contributed by atoms with Crippen LogP contribution in [0.25, 0.3) is 22.1 Å². The minimum absolute atomic E-state index is 0.327. The molecule has 7 heteroatoms. The number of aromatic nitrogens is 4. The Morgan fingerprint density at radius 3 is 2.57 bits per heavy atom. The van der Waals surface area contributed by atoms with E-state index >= 15 is 0 Å². The molecule has 0 spiro atoms. The van der Waals surface area contributed by atoms with Gasteiger partial charge in [-0.2, -0.15) is 10.1 Å². The number of hydrogen-bond donors (Lipinski definition) is 2. The van der Waals surface area contributed by atoms with Crippen LogP contribution in [0.2, 0.25) is 0 Å². The maximum Gasteiger partial charge on any atom is 0.265 e.